The minimum absolute atomic E-state index is 0.0327. The predicted molar refractivity (Wildman–Crippen MR) is 147 cm³/mol. The SMILES string of the molecule is CC(C)C1c2ncc(C(=O)NCC3CCN(C(=O)OC(C)(C)C)CC3O)cc2CN1Cc1ccc(C(F)(F)F)cc1. The summed E-state index contributed by atoms with van der Waals surface area (Å²) in [4.78, 5) is 33.6. The Balaban J connectivity index is 1.36. The van der Waals surface area contributed by atoms with Gasteiger partial charge < -0.3 is 20.1 Å². The van der Waals surface area contributed by atoms with Crippen molar-refractivity contribution in [2.45, 2.75) is 78.1 Å². The molecule has 2 aromatic rings. The number of aromatic nitrogens is 1. The molecule has 8 nitrogen and oxygen atoms in total. The van der Waals surface area contributed by atoms with Crippen LogP contribution in [0.2, 0.25) is 0 Å². The molecule has 3 heterocycles. The van der Waals surface area contributed by atoms with Crippen LogP contribution < -0.4 is 5.32 Å². The van der Waals surface area contributed by atoms with Gasteiger partial charge in [-0.05, 0) is 62.4 Å². The summed E-state index contributed by atoms with van der Waals surface area (Å²) < 4.78 is 44.3. The third-order valence-electron chi connectivity index (χ3n) is 7.51. The summed E-state index contributed by atoms with van der Waals surface area (Å²) in [5.41, 5.74) is 1.66. The summed E-state index contributed by atoms with van der Waals surface area (Å²) in [6.45, 7) is 11.3. The Hall–Kier alpha value is -3.18. The second-order valence-corrected chi connectivity index (χ2v) is 12.3. The number of amides is 2. The Morgan fingerprint density at radius 2 is 1.85 bits per heavy atom. The summed E-state index contributed by atoms with van der Waals surface area (Å²) in [5, 5.41) is 13.5. The van der Waals surface area contributed by atoms with E-state index in [0.29, 0.717) is 31.6 Å². The van der Waals surface area contributed by atoms with E-state index in [9.17, 15) is 27.9 Å². The molecule has 1 aromatic heterocycles. The lowest BCUT2D eigenvalue weighted by Crippen LogP contribution is -2.50. The number of rotatable bonds is 6. The highest BCUT2D eigenvalue weighted by Crippen LogP contribution is 2.39. The number of aliphatic hydroxyl groups is 1. The van der Waals surface area contributed by atoms with E-state index in [2.05, 4.69) is 29.0 Å². The Labute approximate surface area is 238 Å². The van der Waals surface area contributed by atoms with Crippen LogP contribution in [0.3, 0.4) is 0 Å². The van der Waals surface area contributed by atoms with Gasteiger partial charge in [-0.1, -0.05) is 26.0 Å². The van der Waals surface area contributed by atoms with Crippen LogP contribution in [0, 0.1) is 11.8 Å². The number of aliphatic hydroxyl groups excluding tert-OH is 1. The molecule has 3 atom stereocenters. The molecular formula is C30H39F3N4O4. The topological polar surface area (TPSA) is 95.0 Å². The van der Waals surface area contributed by atoms with Crippen molar-refractivity contribution in [3.63, 3.8) is 0 Å². The van der Waals surface area contributed by atoms with Crippen LogP contribution in [0.25, 0.3) is 0 Å². The van der Waals surface area contributed by atoms with Gasteiger partial charge in [0.25, 0.3) is 5.91 Å². The minimum Gasteiger partial charge on any atom is -0.444 e. The van der Waals surface area contributed by atoms with Crippen molar-refractivity contribution in [2.75, 3.05) is 19.6 Å². The lowest BCUT2D eigenvalue weighted by molar-refractivity contribution is -0.137. The first-order valence-electron chi connectivity index (χ1n) is 14.0. The molecule has 0 bridgehead atoms. The molecule has 0 spiro atoms. The van der Waals surface area contributed by atoms with Crippen LogP contribution in [-0.2, 0) is 24.0 Å². The van der Waals surface area contributed by atoms with Gasteiger partial charge in [-0.25, -0.2) is 4.79 Å². The van der Waals surface area contributed by atoms with Gasteiger partial charge in [-0.3, -0.25) is 14.7 Å². The van der Waals surface area contributed by atoms with Gasteiger partial charge in [0, 0.05) is 38.3 Å². The van der Waals surface area contributed by atoms with E-state index in [1.807, 2.05) is 6.07 Å². The van der Waals surface area contributed by atoms with E-state index >= 15 is 0 Å². The largest absolute Gasteiger partial charge is 0.444 e. The second kappa shape index (κ2) is 12.0. The van der Waals surface area contributed by atoms with Crippen LogP contribution in [0.4, 0.5) is 18.0 Å². The standard InChI is InChI=1S/C30H39F3N4O4/c1-18(2)26-25-22(16-37(26)15-19-6-8-23(9-7-19)30(31,32)33)12-21(14-34-25)27(39)35-13-20-10-11-36(17-24(20)38)28(40)41-29(3,4)5/h6-9,12,14,18,20,24,26,38H,10-11,13,15-17H2,1-5H3,(H,35,39). The first-order chi connectivity index (χ1) is 19.1. The number of piperidine rings is 1. The number of hydrogen-bond acceptors (Lipinski definition) is 6. The summed E-state index contributed by atoms with van der Waals surface area (Å²) in [6.07, 6.45) is -3.56. The van der Waals surface area contributed by atoms with Crippen LogP contribution in [0.15, 0.2) is 36.5 Å². The highest BCUT2D eigenvalue weighted by molar-refractivity contribution is 5.94. The van der Waals surface area contributed by atoms with Crippen molar-refractivity contribution >= 4 is 12.0 Å². The van der Waals surface area contributed by atoms with Crippen LogP contribution in [0.1, 0.15) is 79.8 Å². The normalized spacial score (nSPS) is 21.6. The molecule has 0 aliphatic carbocycles. The highest BCUT2D eigenvalue weighted by Gasteiger charge is 2.36. The number of nitrogens with zero attached hydrogens (tertiary/aromatic N) is 3. The van der Waals surface area contributed by atoms with Crippen LogP contribution in [0.5, 0.6) is 0 Å². The van der Waals surface area contributed by atoms with Gasteiger partial charge in [0.15, 0.2) is 0 Å². The number of nitrogens with one attached hydrogen (secondary N) is 1. The predicted octanol–water partition coefficient (Wildman–Crippen LogP) is 5.16. The fraction of sp³-hybridized carbons (Fsp3) is 0.567. The number of carbonyl (C=O) groups is 2. The Bertz CT molecular complexity index is 1240. The Morgan fingerprint density at radius 1 is 1.17 bits per heavy atom. The molecule has 3 unspecified atom stereocenters. The number of alkyl halides is 3. The van der Waals surface area contributed by atoms with Crippen molar-refractivity contribution in [2.24, 2.45) is 11.8 Å². The molecule has 2 N–H and O–H groups in total. The number of β-amino-alcohol motifs (C(OH)–C–C–N with tert-alkyl or cyclic N) is 1. The first kappa shape index (κ1) is 30.8. The van der Waals surface area contributed by atoms with Crippen molar-refractivity contribution < 1.29 is 32.6 Å². The number of ether oxygens (including phenoxy) is 1. The maximum atomic E-state index is 13.0. The van der Waals surface area contributed by atoms with Crippen LogP contribution >= 0.6 is 0 Å². The minimum atomic E-state index is -4.38. The average molecular weight is 577 g/mol. The molecule has 0 saturated carbocycles. The maximum absolute atomic E-state index is 13.0. The van der Waals surface area contributed by atoms with E-state index < -0.39 is 29.5 Å². The number of pyridine rings is 1. The van der Waals surface area contributed by atoms with Gasteiger partial charge in [0.05, 0.1) is 35.5 Å². The Kier molecular flexibility index (Phi) is 8.98. The van der Waals surface area contributed by atoms with Crippen molar-refractivity contribution in [1.82, 2.24) is 20.1 Å². The molecule has 224 valence electrons. The van der Waals surface area contributed by atoms with E-state index in [4.69, 9.17) is 4.74 Å². The summed E-state index contributed by atoms with van der Waals surface area (Å²) in [6, 6.07) is 6.99. The Morgan fingerprint density at radius 3 is 2.44 bits per heavy atom. The molecule has 2 aliphatic heterocycles. The average Bonchev–Trinajstić information content (AvgIpc) is 3.23. The summed E-state index contributed by atoms with van der Waals surface area (Å²) in [5.74, 6) is -0.306. The van der Waals surface area contributed by atoms with Crippen molar-refractivity contribution in [3.05, 3.63) is 64.5 Å². The fourth-order valence-electron chi connectivity index (χ4n) is 5.49. The number of fused-ring (bicyclic) bond motifs is 1. The van der Waals surface area contributed by atoms with Crippen molar-refractivity contribution in [3.8, 4) is 0 Å². The summed E-state index contributed by atoms with van der Waals surface area (Å²) in [7, 11) is 0. The lowest BCUT2D eigenvalue weighted by atomic mass is 9.94. The monoisotopic (exact) mass is 576 g/mol. The van der Waals surface area contributed by atoms with Gasteiger partial charge in [0.2, 0.25) is 0 Å². The molecule has 4 rings (SSSR count). The molecule has 1 saturated heterocycles. The lowest BCUT2D eigenvalue weighted by Gasteiger charge is -2.36. The summed E-state index contributed by atoms with van der Waals surface area (Å²) >= 11 is 0. The molecule has 1 aromatic carbocycles. The second-order valence-electron chi connectivity index (χ2n) is 12.3. The molecule has 11 heteroatoms. The molecule has 0 radical (unpaired) electrons. The quantitative estimate of drug-likeness (QED) is 0.494. The number of likely N-dealkylation sites (tertiary alicyclic amines) is 1. The zero-order chi connectivity index (χ0) is 30.1. The van der Waals surface area contributed by atoms with Gasteiger partial charge in [0.1, 0.15) is 5.60 Å². The third-order valence-corrected chi connectivity index (χ3v) is 7.51. The van der Waals surface area contributed by atoms with Gasteiger partial charge in [-0.2, -0.15) is 13.2 Å². The fourth-order valence-corrected chi connectivity index (χ4v) is 5.49. The van der Waals surface area contributed by atoms with Gasteiger partial charge >= 0.3 is 12.3 Å². The number of hydrogen-bond donors (Lipinski definition) is 2. The molecule has 2 aliphatic rings. The van der Waals surface area contributed by atoms with Crippen molar-refractivity contribution in [1.29, 1.82) is 0 Å². The van der Waals surface area contributed by atoms with Gasteiger partial charge in [-0.15, -0.1) is 0 Å². The zero-order valence-corrected chi connectivity index (χ0v) is 24.2. The van der Waals surface area contributed by atoms with E-state index in [0.717, 1.165) is 29.0 Å². The number of carbonyl (C=O) groups excluding carboxylic acids is 2. The molecule has 1 fully saturated rings. The molecule has 2 amide bonds. The van der Waals surface area contributed by atoms with E-state index in [-0.39, 0.29) is 36.9 Å². The number of benzene rings is 1. The first-order valence-corrected chi connectivity index (χ1v) is 14.0. The third kappa shape index (κ3) is 7.56. The van der Waals surface area contributed by atoms with Crippen LogP contribution in [-0.4, -0.2) is 63.2 Å². The smallest absolute Gasteiger partial charge is 0.416 e. The van der Waals surface area contributed by atoms with E-state index in [1.165, 1.54) is 17.0 Å². The maximum Gasteiger partial charge on any atom is 0.416 e. The number of halogens is 3. The highest BCUT2D eigenvalue weighted by atomic mass is 19.4. The van der Waals surface area contributed by atoms with E-state index in [1.54, 1.807) is 27.0 Å². The molecule has 41 heavy (non-hydrogen) atoms. The zero-order valence-electron chi connectivity index (χ0n) is 24.2. The molecular weight excluding hydrogens is 537 g/mol.